The second kappa shape index (κ2) is 3.75. The summed E-state index contributed by atoms with van der Waals surface area (Å²) in [5.41, 5.74) is 2.65. The van der Waals surface area contributed by atoms with Gasteiger partial charge in [0.25, 0.3) is 0 Å². The van der Waals surface area contributed by atoms with E-state index in [1.807, 2.05) is 13.8 Å². The van der Waals surface area contributed by atoms with Gasteiger partial charge in [0, 0.05) is 12.7 Å². The van der Waals surface area contributed by atoms with Crippen LogP contribution in [0, 0.1) is 13.8 Å². The summed E-state index contributed by atoms with van der Waals surface area (Å²) in [5.74, 6) is 0.650. The van der Waals surface area contributed by atoms with Gasteiger partial charge in [0.05, 0.1) is 0 Å². The Morgan fingerprint density at radius 2 is 2.00 bits per heavy atom. The van der Waals surface area contributed by atoms with Crippen LogP contribution in [0.5, 0.6) is 0 Å². The topological polar surface area (TPSA) is 52.3 Å². The summed E-state index contributed by atoms with van der Waals surface area (Å²) >= 11 is 5.99. The van der Waals surface area contributed by atoms with Crippen molar-refractivity contribution in [1.29, 1.82) is 0 Å². The molecule has 0 aliphatic rings. The summed E-state index contributed by atoms with van der Waals surface area (Å²) in [4.78, 5) is 0. The first-order valence-electron chi connectivity index (χ1n) is 4.51. The van der Waals surface area contributed by atoms with Crippen LogP contribution < -0.4 is 0 Å². The number of hydrogen-bond acceptors (Lipinski definition) is 4. The molecule has 0 aliphatic carbocycles. The third-order valence-corrected chi connectivity index (χ3v) is 2.73. The van der Waals surface area contributed by atoms with Gasteiger partial charge in [-0.2, -0.15) is 9.61 Å². The summed E-state index contributed by atoms with van der Waals surface area (Å²) in [7, 11) is 1.60. The number of halogens is 1. The van der Waals surface area contributed by atoms with E-state index in [4.69, 9.17) is 16.3 Å². The highest BCUT2D eigenvalue weighted by molar-refractivity contribution is 6.30. The third kappa shape index (κ3) is 1.57. The Hall–Kier alpha value is -1.20. The predicted octanol–water partition coefficient (Wildman–Crippen LogP) is 1.54. The van der Waals surface area contributed by atoms with Gasteiger partial charge in [0.2, 0.25) is 0 Å². The van der Waals surface area contributed by atoms with Crippen molar-refractivity contribution in [1.82, 2.24) is 19.8 Å². The quantitative estimate of drug-likeness (QED) is 0.780. The molecule has 0 unspecified atom stereocenters. The second-order valence-electron chi connectivity index (χ2n) is 3.33. The van der Waals surface area contributed by atoms with Gasteiger partial charge in [0.1, 0.15) is 6.61 Å². The van der Waals surface area contributed by atoms with E-state index in [1.165, 1.54) is 0 Å². The number of rotatable bonds is 2. The van der Waals surface area contributed by atoms with Crippen molar-refractivity contribution in [3.05, 3.63) is 22.1 Å². The molecule has 0 aliphatic heterocycles. The number of hydrogen-bond donors (Lipinski definition) is 0. The van der Waals surface area contributed by atoms with E-state index >= 15 is 0 Å². The molecule has 0 amide bonds. The largest absolute Gasteiger partial charge is 0.377 e. The van der Waals surface area contributed by atoms with Crippen molar-refractivity contribution in [3.8, 4) is 0 Å². The number of ether oxygens (including phenoxy) is 1. The van der Waals surface area contributed by atoms with Crippen LogP contribution in [-0.2, 0) is 11.3 Å². The molecule has 0 saturated heterocycles. The number of nitrogens with zero attached hydrogens (tertiary/aromatic N) is 4. The number of methoxy groups -OCH3 is 1. The molecular formula is C9H11ClN4O. The van der Waals surface area contributed by atoms with Crippen molar-refractivity contribution < 1.29 is 4.74 Å². The number of aromatic nitrogens is 4. The lowest BCUT2D eigenvalue weighted by atomic mass is 10.2. The molecule has 2 aromatic rings. The van der Waals surface area contributed by atoms with E-state index in [0.717, 1.165) is 16.8 Å². The minimum absolute atomic E-state index is 0.368. The zero-order valence-electron chi connectivity index (χ0n) is 8.78. The molecule has 0 N–H and O–H groups in total. The Bertz CT molecular complexity index is 508. The molecule has 6 heteroatoms. The maximum Gasteiger partial charge on any atom is 0.181 e. The fourth-order valence-corrected chi connectivity index (χ4v) is 1.57. The summed E-state index contributed by atoms with van der Waals surface area (Å²) in [6, 6.07) is 0. The molecule has 0 atom stereocenters. The fraction of sp³-hybridized carbons (Fsp3) is 0.444. The maximum atomic E-state index is 5.99. The first kappa shape index (κ1) is 10.3. The van der Waals surface area contributed by atoms with Gasteiger partial charge in [-0.3, -0.25) is 0 Å². The second-order valence-corrected chi connectivity index (χ2v) is 3.68. The Morgan fingerprint density at radius 3 is 2.67 bits per heavy atom. The van der Waals surface area contributed by atoms with Gasteiger partial charge in [-0.1, -0.05) is 11.6 Å². The molecule has 0 radical (unpaired) electrons. The molecule has 0 bridgehead atoms. The van der Waals surface area contributed by atoms with Crippen LogP contribution >= 0.6 is 11.6 Å². The van der Waals surface area contributed by atoms with Crippen molar-refractivity contribution >= 4 is 17.2 Å². The van der Waals surface area contributed by atoms with Gasteiger partial charge >= 0.3 is 0 Å². The lowest BCUT2D eigenvalue weighted by Gasteiger charge is -2.04. The van der Waals surface area contributed by atoms with Crippen molar-refractivity contribution in [3.63, 3.8) is 0 Å². The SMILES string of the molecule is COCc1nnc2c(C)c(C)c(Cl)nn12. The first-order chi connectivity index (χ1) is 7.15. The third-order valence-electron chi connectivity index (χ3n) is 2.37. The monoisotopic (exact) mass is 226 g/mol. The highest BCUT2D eigenvalue weighted by atomic mass is 35.5. The molecule has 0 saturated carbocycles. The van der Waals surface area contributed by atoms with E-state index in [1.54, 1.807) is 11.6 Å². The van der Waals surface area contributed by atoms with E-state index in [2.05, 4.69) is 15.3 Å². The van der Waals surface area contributed by atoms with Gasteiger partial charge < -0.3 is 4.74 Å². The van der Waals surface area contributed by atoms with E-state index in [-0.39, 0.29) is 0 Å². The molecule has 2 heterocycles. The molecule has 2 rings (SSSR count). The number of aryl methyl sites for hydroxylation is 1. The predicted molar refractivity (Wildman–Crippen MR) is 56.0 cm³/mol. The van der Waals surface area contributed by atoms with Crippen LogP contribution in [0.2, 0.25) is 5.15 Å². The summed E-state index contributed by atoms with van der Waals surface area (Å²) < 4.78 is 6.62. The standard InChI is InChI=1S/C9H11ClN4O/c1-5-6(2)9-12-11-7(4-15-3)14(9)13-8(5)10/h4H2,1-3H3. The van der Waals surface area contributed by atoms with E-state index in [9.17, 15) is 0 Å². The molecule has 80 valence electrons. The van der Waals surface area contributed by atoms with Crippen LogP contribution in [0.25, 0.3) is 5.65 Å². The van der Waals surface area contributed by atoms with Gasteiger partial charge in [-0.05, 0) is 19.4 Å². The molecule has 5 nitrogen and oxygen atoms in total. The van der Waals surface area contributed by atoms with Crippen LogP contribution in [0.4, 0.5) is 0 Å². The Balaban J connectivity index is 2.71. The summed E-state index contributed by atoms with van der Waals surface area (Å²) in [6.07, 6.45) is 0. The van der Waals surface area contributed by atoms with Crippen molar-refractivity contribution in [2.75, 3.05) is 7.11 Å². The average Bonchev–Trinajstić information content (AvgIpc) is 2.59. The first-order valence-corrected chi connectivity index (χ1v) is 4.89. The maximum absolute atomic E-state index is 5.99. The van der Waals surface area contributed by atoms with Crippen LogP contribution in [0.1, 0.15) is 17.0 Å². The van der Waals surface area contributed by atoms with E-state index in [0.29, 0.717) is 17.6 Å². The molecule has 0 spiro atoms. The van der Waals surface area contributed by atoms with Crippen LogP contribution in [-0.4, -0.2) is 26.9 Å². The fourth-order valence-electron chi connectivity index (χ4n) is 1.36. The minimum Gasteiger partial charge on any atom is -0.377 e. The summed E-state index contributed by atoms with van der Waals surface area (Å²) in [5, 5.41) is 12.7. The molecule has 2 aromatic heterocycles. The minimum atomic E-state index is 0.368. The van der Waals surface area contributed by atoms with Crippen molar-refractivity contribution in [2.24, 2.45) is 0 Å². The number of fused-ring (bicyclic) bond motifs is 1. The van der Waals surface area contributed by atoms with Gasteiger partial charge in [0.15, 0.2) is 16.6 Å². The van der Waals surface area contributed by atoms with Crippen LogP contribution in [0.15, 0.2) is 0 Å². The molecule has 0 aromatic carbocycles. The van der Waals surface area contributed by atoms with Crippen molar-refractivity contribution in [2.45, 2.75) is 20.5 Å². The Morgan fingerprint density at radius 1 is 1.27 bits per heavy atom. The summed E-state index contributed by atoms with van der Waals surface area (Å²) in [6.45, 7) is 4.23. The average molecular weight is 227 g/mol. The highest BCUT2D eigenvalue weighted by Crippen LogP contribution is 2.19. The lowest BCUT2D eigenvalue weighted by Crippen LogP contribution is -2.03. The van der Waals surface area contributed by atoms with E-state index < -0.39 is 0 Å². The zero-order chi connectivity index (χ0) is 11.0. The Labute approximate surface area is 92.0 Å². The van der Waals surface area contributed by atoms with Gasteiger partial charge in [-0.15, -0.1) is 10.2 Å². The van der Waals surface area contributed by atoms with Crippen LogP contribution in [0.3, 0.4) is 0 Å². The Kier molecular flexibility index (Phi) is 2.58. The molecule has 0 fully saturated rings. The lowest BCUT2D eigenvalue weighted by molar-refractivity contribution is 0.176. The molecular weight excluding hydrogens is 216 g/mol. The molecule has 15 heavy (non-hydrogen) atoms. The normalized spacial score (nSPS) is 11.2. The van der Waals surface area contributed by atoms with Gasteiger partial charge in [-0.25, -0.2) is 0 Å². The smallest absolute Gasteiger partial charge is 0.181 e. The zero-order valence-corrected chi connectivity index (χ0v) is 9.54. The highest BCUT2D eigenvalue weighted by Gasteiger charge is 2.12.